The summed E-state index contributed by atoms with van der Waals surface area (Å²) in [5.41, 5.74) is 2.50. The second-order valence-electron chi connectivity index (χ2n) is 9.48. The molecule has 3 heterocycles. The quantitative estimate of drug-likeness (QED) is 0.435. The summed E-state index contributed by atoms with van der Waals surface area (Å²) in [7, 11) is 1.71. The van der Waals surface area contributed by atoms with Gasteiger partial charge in [-0.15, -0.1) is 0 Å². The molecule has 0 N–H and O–H groups in total. The average Bonchev–Trinajstić information content (AvgIpc) is 3.12. The van der Waals surface area contributed by atoms with Crippen molar-refractivity contribution in [3.8, 4) is 6.07 Å². The van der Waals surface area contributed by atoms with E-state index >= 15 is 0 Å². The molecule has 0 spiro atoms. The van der Waals surface area contributed by atoms with Gasteiger partial charge in [0.05, 0.1) is 4.91 Å². The smallest absolute Gasteiger partial charge is 0.270 e. The minimum atomic E-state index is -0.307. The number of benzene rings is 1. The first-order valence-electron chi connectivity index (χ1n) is 11.9. The Morgan fingerprint density at radius 3 is 2.43 bits per heavy atom. The van der Waals surface area contributed by atoms with Crippen molar-refractivity contribution in [2.24, 2.45) is 13.0 Å². The van der Waals surface area contributed by atoms with Gasteiger partial charge >= 0.3 is 0 Å². The molecule has 6 nitrogen and oxygen atoms in total. The highest BCUT2D eigenvalue weighted by molar-refractivity contribution is 8.26. The summed E-state index contributed by atoms with van der Waals surface area (Å²) >= 11 is 6.72. The van der Waals surface area contributed by atoms with Crippen LogP contribution in [0.4, 0.5) is 5.82 Å². The zero-order chi connectivity index (χ0) is 25.3. The van der Waals surface area contributed by atoms with Gasteiger partial charge in [0.25, 0.3) is 11.5 Å². The first-order valence-corrected chi connectivity index (χ1v) is 13.1. The van der Waals surface area contributed by atoms with E-state index in [0.29, 0.717) is 20.7 Å². The lowest BCUT2D eigenvalue weighted by atomic mass is 9.90. The second kappa shape index (κ2) is 10.4. The van der Waals surface area contributed by atoms with Gasteiger partial charge < -0.3 is 4.90 Å². The molecule has 0 saturated carbocycles. The van der Waals surface area contributed by atoms with Crippen LogP contribution in [0.2, 0.25) is 0 Å². The molecular formula is C27H30N4O2S2. The van der Waals surface area contributed by atoms with Gasteiger partial charge in [-0.3, -0.25) is 19.1 Å². The fraction of sp³-hybridized carbons (Fsp3) is 0.407. The Hall–Kier alpha value is -2.89. The van der Waals surface area contributed by atoms with Crippen LogP contribution in [0.3, 0.4) is 0 Å². The summed E-state index contributed by atoms with van der Waals surface area (Å²) in [6.07, 6.45) is 4.89. The minimum Gasteiger partial charge on any atom is -0.357 e. The van der Waals surface area contributed by atoms with E-state index < -0.39 is 0 Å². The van der Waals surface area contributed by atoms with Crippen LogP contribution in [-0.4, -0.2) is 38.8 Å². The van der Waals surface area contributed by atoms with E-state index in [1.807, 2.05) is 26.0 Å². The number of pyridine rings is 1. The Kier molecular flexibility index (Phi) is 7.48. The number of piperidine rings is 1. The Morgan fingerprint density at radius 2 is 1.86 bits per heavy atom. The van der Waals surface area contributed by atoms with Gasteiger partial charge in [0.15, 0.2) is 0 Å². The molecule has 0 unspecified atom stereocenters. The number of nitrogens with zero attached hydrogens (tertiary/aromatic N) is 4. The van der Waals surface area contributed by atoms with E-state index in [2.05, 4.69) is 35.2 Å². The fourth-order valence-corrected chi connectivity index (χ4v) is 6.45. The summed E-state index contributed by atoms with van der Waals surface area (Å²) in [5, 5.41) is 9.70. The maximum Gasteiger partial charge on any atom is 0.270 e. The Morgan fingerprint density at radius 1 is 1.20 bits per heavy atom. The lowest BCUT2D eigenvalue weighted by Crippen LogP contribution is -2.39. The molecule has 2 aromatic rings. The lowest BCUT2D eigenvalue weighted by molar-refractivity contribution is -0.123. The number of carbonyl (C=O) groups excluding carboxylic acids is 1. The molecule has 8 heteroatoms. The molecule has 1 aromatic heterocycles. The fourth-order valence-electron chi connectivity index (χ4n) is 4.95. The van der Waals surface area contributed by atoms with Gasteiger partial charge in [-0.05, 0) is 63.2 Å². The van der Waals surface area contributed by atoms with Crippen LogP contribution < -0.4 is 10.5 Å². The third-order valence-corrected chi connectivity index (χ3v) is 8.19. The van der Waals surface area contributed by atoms with E-state index in [1.54, 1.807) is 23.4 Å². The van der Waals surface area contributed by atoms with E-state index in [0.717, 1.165) is 43.7 Å². The van der Waals surface area contributed by atoms with Gasteiger partial charge in [-0.25, -0.2) is 0 Å². The molecule has 182 valence electrons. The highest BCUT2D eigenvalue weighted by Crippen LogP contribution is 2.37. The predicted octanol–water partition coefficient (Wildman–Crippen LogP) is 4.63. The monoisotopic (exact) mass is 506 g/mol. The molecule has 0 aliphatic carbocycles. The number of hydrogen-bond acceptors (Lipinski definition) is 6. The van der Waals surface area contributed by atoms with E-state index in [9.17, 15) is 14.9 Å². The van der Waals surface area contributed by atoms with E-state index in [1.165, 1.54) is 17.3 Å². The standard InChI is InChI=1S/C27H30N4O2S2/c1-17(2)31-26(33)23(35-27(31)34)15-21-18(3)22(16-28)25(32)29(4)24(21)30-12-10-20(11-13-30)14-19-8-6-5-7-9-19/h5-9,15,17,20H,10-14H2,1-4H3. The second-order valence-corrected chi connectivity index (χ2v) is 11.2. The van der Waals surface area contributed by atoms with E-state index in [-0.39, 0.29) is 23.1 Å². The topological polar surface area (TPSA) is 69.3 Å². The molecule has 4 rings (SSSR count). The molecule has 1 amide bonds. The number of aromatic nitrogens is 1. The average molecular weight is 507 g/mol. The molecule has 2 aliphatic heterocycles. The van der Waals surface area contributed by atoms with Crippen LogP contribution in [0.15, 0.2) is 40.0 Å². The predicted molar refractivity (Wildman–Crippen MR) is 146 cm³/mol. The van der Waals surface area contributed by atoms with Crippen LogP contribution in [0.5, 0.6) is 0 Å². The normalized spacial score (nSPS) is 18.1. The number of carbonyl (C=O) groups is 1. The first kappa shape index (κ1) is 25.2. The molecule has 0 radical (unpaired) electrons. The maximum atomic E-state index is 13.1. The SMILES string of the molecule is Cc1c(C=C2SC(=S)N(C(C)C)C2=O)c(N2CCC(Cc3ccccc3)CC2)n(C)c(=O)c1C#N. The van der Waals surface area contributed by atoms with Crippen molar-refractivity contribution in [2.75, 3.05) is 18.0 Å². The van der Waals surface area contributed by atoms with E-state index in [4.69, 9.17) is 12.2 Å². The molecule has 1 aromatic carbocycles. The number of amides is 1. The van der Waals surface area contributed by atoms with Crippen LogP contribution in [-0.2, 0) is 18.3 Å². The van der Waals surface area contributed by atoms with Crippen molar-refractivity contribution in [3.63, 3.8) is 0 Å². The van der Waals surface area contributed by atoms with Gasteiger partial charge in [-0.1, -0.05) is 54.3 Å². The summed E-state index contributed by atoms with van der Waals surface area (Å²) in [5.74, 6) is 1.21. The highest BCUT2D eigenvalue weighted by Gasteiger charge is 2.35. The molecule has 0 atom stereocenters. The van der Waals surface area contributed by atoms with Crippen molar-refractivity contribution in [1.29, 1.82) is 5.26 Å². The molecule has 35 heavy (non-hydrogen) atoms. The van der Waals surface area contributed by atoms with Crippen LogP contribution in [0.25, 0.3) is 6.08 Å². The minimum absolute atomic E-state index is 0.0348. The largest absolute Gasteiger partial charge is 0.357 e. The maximum absolute atomic E-state index is 13.1. The third-order valence-electron chi connectivity index (χ3n) is 6.86. The van der Waals surface area contributed by atoms with Gasteiger partial charge in [0.2, 0.25) is 0 Å². The zero-order valence-corrected chi connectivity index (χ0v) is 22.2. The summed E-state index contributed by atoms with van der Waals surface area (Å²) in [6, 6.07) is 12.6. The molecule has 2 fully saturated rings. The van der Waals surface area contributed by atoms with Crippen LogP contribution in [0, 0.1) is 24.2 Å². The summed E-state index contributed by atoms with van der Waals surface area (Å²) in [6.45, 7) is 7.28. The molecular weight excluding hydrogens is 476 g/mol. The summed E-state index contributed by atoms with van der Waals surface area (Å²) < 4.78 is 2.10. The number of thiocarbonyl (C=S) groups is 1. The number of rotatable bonds is 5. The van der Waals surface area contributed by atoms with Crippen molar-refractivity contribution >= 4 is 46.1 Å². The van der Waals surface area contributed by atoms with Gasteiger partial charge in [-0.2, -0.15) is 5.26 Å². The molecule has 0 bridgehead atoms. The molecule has 2 aliphatic rings. The molecule has 2 saturated heterocycles. The number of thioether (sulfide) groups is 1. The number of hydrogen-bond donors (Lipinski definition) is 0. The number of anilines is 1. The van der Waals surface area contributed by atoms with Crippen molar-refractivity contribution in [2.45, 2.75) is 46.1 Å². The Labute approximate surface area is 216 Å². The van der Waals surface area contributed by atoms with Crippen molar-refractivity contribution in [1.82, 2.24) is 9.47 Å². The van der Waals surface area contributed by atoms with Crippen molar-refractivity contribution < 1.29 is 4.79 Å². The van der Waals surface area contributed by atoms with Gasteiger partial charge in [0, 0.05) is 31.7 Å². The van der Waals surface area contributed by atoms with Crippen LogP contribution in [0.1, 0.15) is 48.9 Å². The Bertz CT molecular complexity index is 1280. The third kappa shape index (κ3) is 4.93. The first-order chi connectivity index (χ1) is 16.7. The van der Waals surface area contributed by atoms with Gasteiger partial charge in [0.1, 0.15) is 21.8 Å². The lowest BCUT2D eigenvalue weighted by Gasteiger charge is -2.36. The Balaban J connectivity index is 1.69. The summed E-state index contributed by atoms with van der Waals surface area (Å²) in [4.78, 5) is 30.5. The zero-order valence-electron chi connectivity index (χ0n) is 20.6. The highest BCUT2D eigenvalue weighted by atomic mass is 32.2. The van der Waals surface area contributed by atoms with Crippen LogP contribution >= 0.6 is 24.0 Å². The van der Waals surface area contributed by atoms with Crippen molar-refractivity contribution in [3.05, 3.63) is 67.8 Å². The number of nitriles is 1.